The second-order valence-electron chi connectivity index (χ2n) is 6.55. The number of thiazole rings is 1. The summed E-state index contributed by atoms with van der Waals surface area (Å²) in [6.07, 6.45) is 0.563. The maximum atomic E-state index is 12.1. The highest BCUT2D eigenvalue weighted by Crippen LogP contribution is 2.26. The molecule has 0 bridgehead atoms. The molecule has 2 aromatic rings. The number of imide groups is 1. The highest BCUT2D eigenvalue weighted by atomic mass is 32.1. The minimum absolute atomic E-state index is 0.0788. The van der Waals surface area contributed by atoms with Crippen LogP contribution in [0.15, 0.2) is 29.6 Å². The summed E-state index contributed by atoms with van der Waals surface area (Å²) in [4.78, 5) is 40.7. The van der Waals surface area contributed by atoms with Gasteiger partial charge < -0.3 is 5.32 Å². The molecule has 3 amide bonds. The van der Waals surface area contributed by atoms with Crippen molar-refractivity contribution in [1.29, 1.82) is 0 Å². The molecule has 2 heterocycles. The second kappa shape index (κ2) is 7.78. The van der Waals surface area contributed by atoms with Gasteiger partial charge in [0.1, 0.15) is 0 Å². The number of benzene rings is 1. The monoisotopic (exact) mass is 371 g/mol. The number of hydrogen-bond acceptors (Lipinski definition) is 5. The van der Waals surface area contributed by atoms with Gasteiger partial charge in [0.25, 0.3) is 0 Å². The van der Waals surface area contributed by atoms with Crippen LogP contribution in [-0.4, -0.2) is 34.2 Å². The number of carbonyl (C=O) groups excluding carboxylic acids is 3. The Kier molecular flexibility index (Phi) is 5.46. The number of amides is 3. The fraction of sp³-hybridized carbons (Fsp3) is 0.368. The van der Waals surface area contributed by atoms with Crippen molar-refractivity contribution in [2.45, 2.75) is 39.0 Å². The highest BCUT2D eigenvalue weighted by molar-refractivity contribution is 7.14. The molecule has 1 aliphatic heterocycles. The van der Waals surface area contributed by atoms with E-state index < -0.39 is 0 Å². The van der Waals surface area contributed by atoms with Gasteiger partial charge in [-0.1, -0.05) is 38.1 Å². The van der Waals surface area contributed by atoms with Crippen LogP contribution >= 0.6 is 11.3 Å². The van der Waals surface area contributed by atoms with E-state index >= 15 is 0 Å². The first kappa shape index (κ1) is 18.3. The van der Waals surface area contributed by atoms with Crippen LogP contribution in [0.4, 0.5) is 5.13 Å². The molecule has 1 aromatic carbocycles. The molecule has 1 saturated heterocycles. The van der Waals surface area contributed by atoms with E-state index in [1.165, 1.54) is 16.9 Å². The number of hydrogen-bond donors (Lipinski definition) is 1. The zero-order chi connectivity index (χ0) is 18.7. The lowest BCUT2D eigenvalue weighted by molar-refractivity contribution is -0.138. The minimum atomic E-state index is -0.256. The third-order valence-electron chi connectivity index (χ3n) is 4.34. The molecule has 1 aromatic heterocycles. The molecule has 3 rings (SSSR count). The van der Waals surface area contributed by atoms with E-state index in [1.54, 1.807) is 0 Å². The Hall–Kier alpha value is -2.54. The zero-order valence-corrected chi connectivity index (χ0v) is 15.6. The van der Waals surface area contributed by atoms with E-state index in [4.69, 9.17) is 0 Å². The van der Waals surface area contributed by atoms with E-state index in [2.05, 4.69) is 36.3 Å². The third kappa shape index (κ3) is 4.16. The van der Waals surface area contributed by atoms with E-state index in [0.29, 0.717) is 11.0 Å². The summed E-state index contributed by atoms with van der Waals surface area (Å²) in [6.45, 7) is 4.42. The molecule has 1 aliphatic rings. The van der Waals surface area contributed by atoms with Gasteiger partial charge in [0.05, 0.1) is 5.69 Å². The highest BCUT2D eigenvalue weighted by Gasteiger charge is 2.28. The fourth-order valence-corrected chi connectivity index (χ4v) is 3.51. The molecule has 6 nitrogen and oxygen atoms in total. The number of rotatable bonds is 6. The van der Waals surface area contributed by atoms with E-state index in [1.807, 2.05) is 17.5 Å². The number of nitrogens with zero attached hydrogens (tertiary/aromatic N) is 2. The molecule has 0 aliphatic carbocycles. The van der Waals surface area contributed by atoms with E-state index in [0.717, 1.165) is 16.2 Å². The van der Waals surface area contributed by atoms with Crippen molar-refractivity contribution in [1.82, 2.24) is 9.88 Å². The summed E-state index contributed by atoms with van der Waals surface area (Å²) < 4.78 is 0. The molecule has 0 saturated carbocycles. The van der Waals surface area contributed by atoms with Crippen molar-refractivity contribution < 1.29 is 14.4 Å². The van der Waals surface area contributed by atoms with Crippen LogP contribution in [-0.2, 0) is 14.4 Å². The van der Waals surface area contributed by atoms with E-state index in [-0.39, 0.29) is 43.5 Å². The Balaban J connectivity index is 1.57. The number of nitrogens with one attached hydrogen (secondary N) is 1. The Morgan fingerprint density at radius 3 is 2.46 bits per heavy atom. The predicted molar refractivity (Wildman–Crippen MR) is 101 cm³/mol. The molecule has 0 radical (unpaired) electrons. The van der Waals surface area contributed by atoms with Crippen molar-refractivity contribution in [2.75, 3.05) is 11.9 Å². The van der Waals surface area contributed by atoms with Gasteiger partial charge in [0.2, 0.25) is 17.7 Å². The van der Waals surface area contributed by atoms with Gasteiger partial charge in [-0.15, -0.1) is 11.3 Å². The molecule has 0 atom stereocenters. The summed E-state index contributed by atoms with van der Waals surface area (Å²) in [7, 11) is 0. The zero-order valence-electron chi connectivity index (χ0n) is 14.8. The summed E-state index contributed by atoms with van der Waals surface area (Å²) >= 11 is 1.35. The maximum absolute atomic E-state index is 12.1. The SMILES string of the molecule is CC(C)c1ccc(-c2csc(NC(=O)CCN3C(=O)CCC3=O)n2)cc1. The van der Waals surface area contributed by atoms with E-state index in [9.17, 15) is 14.4 Å². The van der Waals surface area contributed by atoms with Crippen LogP contribution in [0, 0.1) is 0 Å². The summed E-state index contributed by atoms with van der Waals surface area (Å²) in [6, 6.07) is 8.23. The van der Waals surface area contributed by atoms with Crippen molar-refractivity contribution in [2.24, 2.45) is 0 Å². The van der Waals surface area contributed by atoms with Gasteiger partial charge in [-0.3, -0.25) is 19.3 Å². The Morgan fingerprint density at radius 1 is 1.19 bits per heavy atom. The molecular formula is C19H21N3O3S. The topological polar surface area (TPSA) is 79.4 Å². The van der Waals surface area contributed by atoms with Gasteiger partial charge in [-0.2, -0.15) is 0 Å². The number of anilines is 1. The molecular weight excluding hydrogens is 350 g/mol. The number of carbonyl (C=O) groups is 3. The van der Waals surface area contributed by atoms with Crippen molar-refractivity contribution in [3.8, 4) is 11.3 Å². The maximum Gasteiger partial charge on any atom is 0.229 e. The summed E-state index contributed by atoms with van der Waals surface area (Å²) in [5, 5.41) is 5.14. The third-order valence-corrected chi connectivity index (χ3v) is 5.10. The lowest BCUT2D eigenvalue weighted by Gasteiger charge is -2.12. The number of likely N-dealkylation sites (tertiary alicyclic amines) is 1. The largest absolute Gasteiger partial charge is 0.302 e. The lowest BCUT2D eigenvalue weighted by Crippen LogP contribution is -2.32. The molecule has 0 spiro atoms. The predicted octanol–water partition coefficient (Wildman–Crippen LogP) is 3.41. The normalized spacial score (nSPS) is 14.3. The molecule has 136 valence electrons. The van der Waals surface area contributed by atoms with Gasteiger partial charge in [0.15, 0.2) is 5.13 Å². The van der Waals surface area contributed by atoms with Crippen molar-refractivity contribution >= 4 is 34.2 Å². The van der Waals surface area contributed by atoms with Crippen LogP contribution in [0.1, 0.15) is 44.6 Å². The Labute approximate surface area is 156 Å². The van der Waals surface area contributed by atoms with Crippen LogP contribution in [0.3, 0.4) is 0 Å². The fourth-order valence-electron chi connectivity index (χ4n) is 2.77. The number of aromatic nitrogens is 1. The standard InChI is InChI=1S/C19H21N3O3S/c1-12(2)13-3-5-14(6-4-13)15-11-26-19(20-15)21-16(23)9-10-22-17(24)7-8-18(22)25/h3-6,11-12H,7-10H2,1-2H3,(H,20,21,23). The smallest absolute Gasteiger partial charge is 0.229 e. The second-order valence-corrected chi connectivity index (χ2v) is 7.41. The molecule has 1 fully saturated rings. The van der Waals surface area contributed by atoms with Crippen LogP contribution < -0.4 is 5.32 Å². The van der Waals surface area contributed by atoms with Crippen LogP contribution in [0.2, 0.25) is 0 Å². The lowest BCUT2D eigenvalue weighted by atomic mass is 10.0. The first-order chi connectivity index (χ1) is 12.4. The Bertz CT molecular complexity index is 811. The first-order valence-corrected chi connectivity index (χ1v) is 9.51. The van der Waals surface area contributed by atoms with Crippen molar-refractivity contribution in [3.63, 3.8) is 0 Å². The molecule has 7 heteroatoms. The van der Waals surface area contributed by atoms with Crippen molar-refractivity contribution in [3.05, 3.63) is 35.2 Å². The average molecular weight is 371 g/mol. The minimum Gasteiger partial charge on any atom is -0.302 e. The summed E-state index contributed by atoms with van der Waals surface area (Å²) in [5.74, 6) is -0.189. The van der Waals surface area contributed by atoms with Crippen LogP contribution in [0.25, 0.3) is 11.3 Å². The molecule has 1 N–H and O–H groups in total. The van der Waals surface area contributed by atoms with Crippen LogP contribution in [0.5, 0.6) is 0 Å². The Morgan fingerprint density at radius 2 is 1.85 bits per heavy atom. The van der Waals surface area contributed by atoms with Gasteiger partial charge in [-0.25, -0.2) is 4.98 Å². The molecule has 26 heavy (non-hydrogen) atoms. The first-order valence-electron chi connectivity index (χ1n) is 8.63. The van der Waals surface area contributed by atoms with Gasteiger partial charge >= 0.3 is 0 Å². The molecule has 0 unspecified atom stereocenters. The quantitative estimate of drug-likeness (QED) is 0.789. The average Bonchev–Trinajstić information content (AvgIpc) is 3.20. The van der Waals surface area contributed by atoms with Gasteiger partial charge in [-0.05, 0) is 11.5 Å². The van der Waals surface area contributed by atoms with Gasteiger partial charge in [0, 0.05) is 36.8 Å². The summed E-state index contributed by atoms with van der Waals surface area (Å²) in [5.41, 5.74) is 3.08.